The molecule has 2 aromatic carbocycles. The lowest BCUT2D eigenvalue weighted by Crippen LogP contribution is -2.27. The highest BCUT2D eigenvalue weighted by atomic mass is 16.5. The standard InChI is InChI=1S/C20H18N2O4/c1-2-26-20(25)12-15(23)13-22-19(24)11-10-18(21-22)17-9-5-7-14-6-3-4-8-16(14)17/h3-11H,2,12-13H2,1H3. The minimum absolute atomic E-state index is 0.209. The lowest BCUT2D eigenvalue weighted by atomic mass is 10.0. The molecular weight excluding hydrogens is 332 g/mol. The number of hydrogen-bond donors (Lipinski definition) is 0. The molecule has 0 aliphatic rings. The molecule has 26 heavy (non-hydrogen) atoms. The summed E-state index contributed by atoms with van der Waals surface area (Å²) >= 11 is 0. The van der Waals surface area contributed by atoms with Crippen LogP contribution in [-0.4, -0.2) is 28.1 Å². The molecule has 3 aromatic rings. The number of carbonyl (C=O) groups is 2. The van der Waals surface area contributed by atoms with E-state index in [1.165, 1.54) is 6.07 Å². The van der Waals surface area contributed by atoms with Crippen molar-refractivity contribution in [1.82, 2.24) is 9.78 Å². The fraction of sp³-hybridized carbons (Fsp3) is 0.200. The first-order valence-corrected chi connectivity index (χ1v) is 8.32. The van der Waals surface area contributed by atoms with Crippen molar-refractivity contribution in [2.75, 3.05) is 6.61 Å². The van der Waals surface area contributed by atoms with Gasteiger partial charge in [0.05, 0.1) is 12.3 Å². The fourth-order valence-corrected chi connectivity index (χ4v) is 2.75. The van der Waals surface area contributed by atoms with Crippen LogP contribution in [0.2, 0.25) is 0 Å². The summed E-state index contributed by atoms with van der Waals surface area (Å²) in [5.41, 5.74) is 1.06. The molecule has 0 saturated carbocycles. The Hall–Kier alpha value is -3.28. The fourth-order valence-electron chi connectivity index (χ4n) is 2.75. The molecule has 0 saturated heterocycles. The highest BCUT2D eigenvalue weighted by Crippen LogP contribution is 2.26. The summed E-state index contributed by atoms with van der Waals surface area (Å²) in [5, 5.41) is 6.38. The summed E-state index contributed by atoms with van der Waals surface area (Å²) in [7, 11) is 0. The van der Waals surface area contributed by atoms with E-state index in [2.05, 4.69) is 5.10 Å². The van der Waals surface area contributed by atoms with Gasteiger partial charge in [-0.2, -0.15) is 5.10 Å². The highest BCUT2D eigenvalue weighted by Gasteiger charge is 2.13. The van der Waals surface area contributed by atoms with Crippen molar-refractivity contribution in [3.8, 4) is 11.3 Å². The zero-order valence-corrected chi connectivity index (χ0v) is 14.3. The van der Waals surface area contributed by atoms with Crippen LogP contribution < -0.4 is 5.56 Å². The van der Waals surface area contributed by atoms with E-state index < -0.39 is 17.3 Å². The summed E-state index contributed by atoms with van der Waals surface area (Å²) in [5.74, 6) is -1.02. The number of esters is 1. The molecule has 0 aliphatic carbocycles. The molecule has 6 heteroatoms. The van der Waals surface area contributed by atoms with Gasteiger partial charge >= 0.3 is 5.97 Å². The molecule has 132 valence electrons. The molecule has 0 fully saturated rings. The van der Waals surface area contributed by atoms with E-state index in [4.69, 9.17) is 4.74 Å². The number of ether oxygens (including phenoxy) is 1. The van der Waals surface area contributed by atoms with Gasteiger partial charge in [-0.1, -0.05) is 42.5 Å². The van der Waals surface area contributed by atoms with Crippen molar-refractivity contribution < 1.29 is 14.3 Å². The van der Waals surface area contributed by atoms with Gasteiger partial charge in [0.15, 0.2) is 5.78 Å². The van der Waals surface area contributed by atoms with Crippen LogP contribution in [0.4, 0.5) is 0 Å². The van der Waals surface area contributed by atoms with E-state index in [0.29, 0.717) is 5.69 Å². The number of rotatable bonds is 6. The molecule has 0 radical (unpaired) electrons. The molecule has 6 nitrogen and oxygen atoms in total. The maximum absolute atomic E-state index is 12.0. The van der Waals surface area contributed by atoms with Crippen LogP contribution in [0.3, 0.4) is 0 Å². The maximum atomic E-state index is 12.0. The molecule has 0 atom stereocenters. The van der Waals surface area contributed by atoms with Gasteiger partial charge in [-0.25, -0.2) is 4.68 Å². The van der Waals surface area contributed by atoms with Crippen molar-refractivity contribution >= 4 is 22.5 Å². The van der Waals surface area contributed by atoms with E-state index in [-0.39, 0.29) is 19.6 Å². The Morgan fingerprint density at radius 1 is 1.04 bits per heavy atom. The van der Waals surface area contributed by atoms with Gasteiger partial charge in [0.2, 0.25) is 0 Å². The predicted molar refractivity (Wildman–Crippen MR) is 97.7 cm³/mol. The van der Waals surface area contributed by atoms with Gasteiger partial charge in [0.25, 0.3) is 5.56 Å². The van der Waals surface area contributed by atoms with Crippen LogP contribution in [0.1, 0.15) is 13.3 Å². The zero-order valence-electron chi connectivity index (χ0n) is 14.3. The average Bonchev–Trinajstić information content (AvgIpc) is 2.63. The van der Waals surface area contributed by atoms with Crippen LogP contribution >= 0.6 is 0 Å². The van der Waals surface area contributed by atoms with Gasteiger partial charge in [0, 0.05) is 11.6 Å². The molecule has 0 unspecified atom stereocenters. The molecule has 0 N–H and O–H groups in total. The maximum Gasteiger partial charge on any atom is 0.313 e. The van der Waals surface area contributed by atoms with E-state index in [1.807, 2.05) is 42.5 Å². The first-order chi connectivity index (χ1) is 12.6. The Balaban J connectivity index is 1.91. The van der Waals surface area contributed by atoms with E-state index in [1.54, 1.807) is 13.0 Å². The van der Waals surface area contributed by atoms with Crippen LogP contribution in [0.25, 0.3) is 22.0 Å². The minimum Gasteiger partial charge on any atom is -0.466 e. The zero-order chi connectivity index (χ0) is 18.5. The number of ketones is 1. The molecule has 0 bridgehead atoms. The Morgan fingerprint density at radius 3 is 2.62 bits per heavy atom. The van der Waals surface area contributed by atoms with Crippen molar-refractivity contribution in [2.24, 2.45) is 0 Å². The molecule has 1 heterocycles. The first kappa shape index (κ1) is 17.5. The molecule has 3 rings (SSSR count). The van der Waals surface area contributed by atoms with Crippen molar-refractivity contribution in [3.05, 3.63) is 65.0 Å². The van der Waals surface area contributed by atoms with E-state index in [0.717, 1.165) is 21.0 Å². The third-order valence-corrected chi connectivity index (χ3v) is 3.91. The quantitative estimate of drug-likeness (QED) is 0.504. The van der Waals surface area contributed by atoms with Gasteiger partial charge in [-0.3, -0.25) is 14.4 Å². The number of nitrogens with zero attached hydrogens (tertiary/aromatic N) is 2. The Kier molecular flexibility index (Phi) is 5.22. The predicted octanol–water partition coefficient (Wildman–Crippen LogP) is 2.59. The van der Waals surface area contributed by atoms with Crippen molar-refractivity contribution in [3.63, 3.8) is 0 Å². The highest BCUT2D eigenvalue weighted by molar-refractivity contribution is 5.96. The van der Waals surface area contributed by atoms with Gasteiger partial charge in [-0.15, -0.1) is 0 Å². The van der Waals surface area contributed by atoms with E-state index in [9.17, 15) is 14.4 Å². The SMILES string of the molecule is CCOC(=O)CC(=O)Cn1nc(-c2cccc3ccccc23)ccc1=O. The topological polar surface area (TPSA) is 78.3 Å². The van der Waals surface area contributed by atoms with Crippen LogP contribution in [-0.2, 0) is 20.9 Å². The average molecular weight is 350 g/mol. The van der Waals surface area contributed by atoms with E-state index >= 15 is 0 Å². The lowest BCUT2D eigenvalue weighted by molar-refractivity contribution is -0.145. The van der Waals surface area contributed by atoms with Crippen LogP contribution in [0, 0.1) is 0 Å². The molecule has 0 aliphatic heterocycles. The number of benzene rings is 2. The second kappa shape index (κ2) is 7.74. The monoisotopic (exact) mass is 350 g/mol. The molecule has 0 amide bonds. The second-order valence-electron chi connectivity index (χ2n) is 5.76. The third-order valence-electron chi connectivity index (χ3n) is 3.91. The Bertz CT molecular complexity index is 1020. The Labute approximate surface area is 150 Å². The van der Waals surface area contributed by atoms with Crippen LogP contribution in [0.5, 0.6) is 0 Å². The third kappa shape index (κ3) is 3.85. The Morgan fingerprint density at radius 2 is 1.81 bits per heavy atom. The van der Waals surface area contributed by atoms with Crippen molar-refractivity contribution in [1.29, 1.82) is 0 Å². The summed E-state index contributed by atoms with van der Waals surface area (Å²) in [6, 6.07) is 16.7. The number of Topliss-reactive ketones (excluding diaryl/α,β-unsaturated/α-hetero) is 1. The number of fused-ring (bicyclic) bond motifs is 1. The summed E-state index contributed by atoms with van der Waals surface area (Å²) < 4.78 is 5.84. The molecule has 1 aromatic heterocycles. The van der Waals surface area contributed by atoms with Gasteiger partial charge in [-0.05, 0) is 23.8 Å². The number of carbonyl (C=O) groups excluding carboxylic acids is 2. The van der Waals surface area contributed by atoms with Gasteiger partial charge in [0.1, 0.15) is 13.0 Å². The molecular formula is C20H18N2O4. The number of aromatic nitrogens is 2. The first-order valence-electron chi connectivity index (χ1n) is 8.32. The summed E-state index contributed by atoms with van der Waals surface area (Å²) in [6.45, 7) is 1.61. The summed E-state index contributed by atoms with van der Waals surface area (Å²) in [6.07, 6.45) is -0.375. The minimum atomic E-state index is -0.601. The normalized spacial score (nSPS) is 10.7. The lowest BCUT2D eigenvalue weighted by Gasteiger charge is -2.09. The van der Waals surface area contributed by atoms with Gasteiger partial charge < -0.3 is 4.74 Å². The smallest absolute Gasteiger partial charge is 0.313 e. The number of hydrogen-bond acceptors (Lipinski definition) is 5. The second-order valence-corrected chi connectivity index (χ2v) is 5.76. The molecule has 0 spiro atoms. The van der Waals surface area contributed by atoms with Crippen LogP contribution in [0.15, 0.2) is 59.4 Å². The summed E-state index contributed by atoms with van der Waals surface area (Å²) in [4.78, 5) is 35.5. The van der Waals surface area contributed by atoms with Crippen molar-refractivity contribution in [2.45, 2.75) is 19.9 Å². The largest absolute Gasteiger partial charge is 0.466 e.